The van der Waals surface area contributed by atoms with Gasteiger partial charge in [0.05, 0.1) is 23.9 Å². The van der Waals surface area contributed by atoms with Crippen LogP contribution in [0.3, 0.4) is 0 Å². The Morgan fingerprint density at radius 1 is 1.40 bits per heavy atom. The van der Waals surface area contributed by atoms with E-state index in [1.807, 2.05) is 39.0 Å². The van der Waals surface area contributed by atoms with E-state index in [9.17, 15) is 4.79 Å². The number of nitrogens with one attached hydrogen (secondary N) is 2. The van der Waals surface area contributed by atoms with E-state index in [2.05, 4.69) is 15.6 Å². The lowest BCUT2D eigenvalue weighted by molar-refractivity contribution is -0.115. The van der Waals surface area contributed by atoms with Crippen molar-refractivity contribution >= 4 is 32.6 Å². The van der Waals surface area contributed by atoms with Gasteiger partial charge < -0.3 is 15.4 Å². The fraction of sp³-hybridized carbons (Fsp3) is 0.429. The molecule has 0 aliphatic rings. The predicted molar refractivity (Wildman–Crippen MR) is 82.6 cm³/mol. The molecule has 0 saturated heterocycles. The fourth-order valence-corrected chi connectivity index (χ4v) is 2.50. The number of carbonyl (C=O) groups is 1. The van der Waals surface area contributed by atoms with Gasteiger partial charge in [0.1, 0.15) is 5.75 Å². The van der Waals surface area contributed by atoms with E-state index >= 15 is 0 Å². The van der Waals surface area contributed by atoms with Gasteiger partial charge in [0.15, 0.2) is 5.13 Å². The first kappa shape index (κ1) is 14.7. The van der Waals surface area contributed by atoms with Gasteiger partial charge in [-0.05, 0) is 39.0 Å². The summed E-state index contributed by atoms with van der Waals surface area (Å²) >= 11 is 1.44. The van der Waals surface area contributed by atoms with Crippen LogP contribution in [0.2, 0.25) is 0 Å². The van der Waals surface area contributed by atoms with Crippen LogP contribution >= 0.6 is 11.3 Å². The van der Waals surface area contributed by atoms with Gasteiger partial charge in [-0.1, -0.05) is 11.3 Å². The summed E-state index contributed by atoms with van der Waals surface area (Å²) in [5, 5.41) is 6.55. The van der Waals surface area contributed by atoms with Gasteiger partial charge in [0.25, 0.3) is 0 Å². The molecule has 108 valence electrons. The highest BCUT2D eigenvalue weighted by atomic mass is 32.1. The minimum absolute atomic E-state index is 0.0850. The molecule has 0 bridgehead atoms. The second kappa shape index (κ2) is 5.76. The van der Waals surface area contributed by atoms with E-state index in [0.29, 0.717) is 5.13 Å². The summed E-state index contributed by atoms with van der Waals surface area (Å²) in [6, 6.07) is 5.65. The summed E-state index contributed by atoms with van der Waals surface area (Å²) in [6.45, 7) is 6.32. The Hall–Kier alpha value is -1.66. The highest BCUT2D eigenvalue weighted by Crippen LogP contribution is 2.28. The minimum Gasteiger partial charge on any atom is -0.497 e. The SMILES string of the molecule is COc1ccc2nc(NC(=O)CNC(C)(C)C)sc2c1. The molecule has 1 amide bonds. The van der Waals surface area contributed by atoms with Gasteiger partial charge >= 0.3 is 0 Å². The third-order valence-corrected chi connectivity index (χ3v) is 3.55. The van der Waals surface area contributed by atoms with Crippen LogP contribution in [0.4, 0.5) is 5.13 Å². The lowest BCUT2D eigenvalue weighted by Gasteiger charge is -2.19. The molecule has 0 atom stereocenters. The number of hydrogen-bond acceptors (Lipinski definition) is 5. The van der Waals surface area contributed by atoms with Crippen LogP contribution in [0, 0.1) is 0 Å². The average molecular weight is 293 g/mol. The first-order chi connectivity index (χ1) is 9.37. The van der Waals surface area contributed by atoms with Crippen LogP contribution in [-0.2, 0) is 4.79 Å². The summed E-state index contributed by atoms with van der Waals surface area (Å²) in [6.07, 6.45) is 0. The van der Waals surface area contributed by atoms with Crippen molar-refractivity contribution in [2.24, 2.45) is 0 Å². The number of fused-ring (bicyclic) bond motifs is 1. The number of nitrogens with zero attached hydrogens (tertiary/aromatic N) is 1. The molecule has 0 unspecified atom stereocenters. The smallest absolute Gasteiger partial charge is 0.240 e. The normalized spacial score (nSPS) is 11.6. The maximum Gasteiger partial charge on any atom is 0.240 e. The molecular weight excluding hydrogens is 274 g/mol. The summed E-state index contributed by atoms with van der Waals surface area (Å²) in [4.78, 5) is 16.2. The Labute approximate surface area is 122 Å². The monoisotopic (exact) mass is 293 g/mol. The molecule has 0 fully saturated rings. The molecule has 5 nitrogen and oxygen atoms in total. The lowest BCUT2D eigenvalue weighted by Crippen LogP contribution is -2.41. The summed E-state index contributed by atoms with van der Waals surface area (Å²) in [7, 11) is 1.63. The van der Waals surface area contributed by atoms with Crippen LogP contribution in [0.5, 0.6) is 5.75 Å². The maximum absolute atomic E-state index is 11.8. The zero-order chi connectivity index (χ0) is 14.8. The lowest BCUT2D eigenvalue weighted by atomic mass is 10.1. The Morgan fingerprint density at radius 3 is 2.80 bits per heavy atom. The van der Waals surface area contributed by atoms with Gasteiger partial charge in [0, 0.05) is 5.54 Å². The zero-order valence-electron chi connectivity index (χ0n) is 12.1. The van der Waals surface area contributed by atoms with E-state index in [-0.39, 0.29) is 18.0 Å². The Kier molecular flexibility index (Phi) is 4.25. The number of aromatic nitrogens is 1. The van der Waals surface area contributed by atoms with Crippen molar-refractivity contribution in [3.05, 3.63) is 18.2 Å². The Morgan fingerprint density at radius 2 is 2.15 bits per heavy atom. The van der Waals surface area contributed by atoms with Crippen LogP contribution in [0.15, 0.2) is 18.2 Å². The second-order valence-electron chi connectivity index (χ2n) is 5.50. The Balaban J connectivity index is 2.04. The van der Waals surface area contributed by atoms with E-state index in [4.69, 9.17) is 4.74 Å². The van der Waals surface area contributed by atoms with Crippen LogP contribution in [-0.4, -0.2) is 30.1 Å². The van der Waals surface area contributed by atoms with Gasteiger partial charge in [0.2, 0.25) is 5.91 Å². The molecule has 1 heterocycles. The summed E-state index contributed by atoms with van der Waals surface area (Å²) in [5.74, 6) is 0.694. The van der Waals surface area contributed by atoms with Crippen molar-refractivity contribution in [2.45, 2.75) is 26.3 Å². The molecule has 1 aromatic carbocycles. The quantitative estimate of drug-likeness (QED) is 0.909. The highest BCUT2D eigenvalue weighted by Gasteiger charge is 2.13. The van der Waals surface area contributed by atoms with Crippen molar-refractivity contribution in [1.82, 2.24) is 10.3 Å². The summed E-state index contributed by atoms with van der Waals surface area (Å²) < 4.78 is 6.16. The molecule has 2 aromatic rings. The topological polar surface area (TPSA) is 63.2 Å². The first-order valence-corrected chi connectivity index (χ1v) is 7.18. The van der Waals surface area contributed by atoms with Crippen molar-refractivity contribution in [1.29, 1.82) is 0 Å². The number of hydrogen-bond donors (Lipinski definition) is 2. The molecule has 2 rings (SSSR count). The largest absolute Gasteiger partial charge is 0.497 e. The second-order valence-corrected chi connectivity index (χ2v) is 6.54. The number of benzene rings is 1. The number of methoxy groups -OCH3 is 1. The fourth-order valence-electron chi connectivity index (χ4n) is 1.59. The van der Waals surface area contributed by atoms with Crippen molar-refractivity contribution in [3.63, 3.8) is 0 Å². The third kappa shape index (κ3) is 3.91. The predicted octanol–water partition coefficient (Wildman–Crippen LogP) is 2.63. The molecule has 1 aromatic heterocycles. The third-order valence-electron chi connectivity index (χ3n) is 2.62. The number of ether oxygens (including phenoxy) is 1. The van der Waals surface area contributed by atoms with Crippen LogP contribution in [0.1, 0.15) is 20.8 Å². The van der Waals surface area contributed by atoms with Crippen LogP contribution < -0.4 is 15.4 Å². The molecule has 0 aliphatic carbocycles. The highest BCUT2D eigenvalue weighted by molar-refractivity contribution is 7.22. The van der Waals surface area contributed by atoms with E-state index in [1.54, 1.807) is 7.11 Å². The van der Waals surface area contributed by atoms with E-state index in [1.165, 1.54) is 11.3 Å². The molecule has 0 saturated carbocycles. The van der Waals surface area contributed by atoms with E-state index in [0.717, 1.165) is 16.0 Å². The van der Waals surface area contributed by atoms with Gasteiger partial charge in [-0.25, -0.2) is 4.98 Å². The first-order valence-electron chi connectivity index (χ1n) is 6.37. The molecule has 0 radical (unpaired) electrons. The number of anilines is 1. The number of thiazole rings is 1. The molecule has 6 heteroatoms. The standard InChI is InChI=1S/C14H19N3O2S/c1-14(2,3)15-8-12(18)17-13-16-10-6-5-9(19-4)7-11(10)20-13/h5-7,15H,8H2,1-4H3,(H,16,17,18). The van der Waals surface area contributed by atoms with Crippen molar-refractivity contribution in [3.8, 4) is 5.75 Å². The number of rotatable bonds is 4. The van der Waals surface area contributed by atoms with Gasteiger partial charge in [-0.3, -0.25) is 4.79 Å². The average Bonchev–Trinajstić information content (AvgIpc) is 2.76. The van der Waals surface area contributed by atoms with Crippen molar-refractivity contribution < 1.29 is 9.53 Å². The van der Waals surface area contributed by atoms with Gasteiger partial charge in [-0.15, -0.1) is 0 Å². The molecule has 0 spiro atoms. The number of carbonyl (C=O) groups excluding carboxylic acids is 1. The van der Waals surface area contributed by atoms with Crippen LogP contribution in [0.25, 0.3) is 10.2 Å². The maximum atomic E-state index is 11.8. The molecule has 20 heavy (non-hydrogen) atoms. The Bertz CT molecular complexity index is 616. The zero-order valence-corrected chi connectivity index (χ0v) is 12.9. The number of amides is 1. The van der Waals surface area contributed by atoms with E-state index < -0.39 is 0 Å². The molecular formula is C14H19N3O2S. The van der Waals surface area contributed by atoms with Gasteiger partial charge in [-0.2, -0.15) is 0 Å². The molecule has 0 aliphatic heterocycles. The van der Waals surface area contributed by atoms with Crippen molar-refractivity contribution in [2.75, 3.05) is 19.0 Å². The summed E-state index contributed by atoms with van der Waals surface area (Å²) in [5.41, 5.74) is 0.771. The molecule has 2 N–H and O–H groups in total. The minimum atomic E-state index is -0.0917.